The van der Waals surface area contributed by atoms with Gasteiger partial charge in [-0.3, -0.25) is 0 Å². The number of aliphatic hydroxyl groups is 4. The van der Waals surface area contributed by atoms with Crippen molar-refractivity contribution in [2.45, 2.75) is 62.3 Å². The van der Waals surface area contributed by atoms with E-state index in [1.165, 1.54) is 19.3 Å². The molecule has 3 aliphatic rings. The van der Waals surface area contributed by atoms with Crippen molar-refractivity contribution in [1.29, 1.82) is 0 Å². The van der Waals surface area contributed by atoms with Crippen LogP contribution in [0.3, 0.4) is 0 Å². The monoisotopic (exact) mass is 460 g/mol. The first-order chi connectivity index (χ1) is 15.4. The van der Waals surface area contributed by atoms with Gasteiger partial charge in [0.25, 0.3) is 0 Å². The highest BCUT2D eigenvalue weighted by Crippen LogP contribution is 2.52. The van der Waals surface area contributed by atoms with Gasteiger partial charge in [0.2, 0.25) is 0 Å². The van der Waals surface area contributed by atoms with Crippen molar-refractivity contribution in [3.05, 3.63) is 64.2 Å². The van der Waals surface area contributed by atoms with E-state index < -0.39 is 37.1 Å². The van der Waals surface area contributed by atoms with E-state index in [1.54, 1.807) is 12.1 Å². The molecule has 172 valence electrons. The van der Waals surface area contributed by atoms with E-state index in [1.807, 2.05) is 30.3 Å². The van der Waals surface area contributed by atoms with Gasteiger partial charge in [0, 0.05) is 5.02 Å². The average molecular weight is 461 g/mol. The van der Waals surface area contributed by atoms with Crippen molar-refractivity contribution in [2.24, 2.45) is 11.8 Å². The Balaban J connectivity index is 1.28. The second-order valence-corrected chi connectivity index (χ2v) is 9.80. The molecule has 0 spiro atoms. The first-order valence-corrected chi connectivity index (χ1v) is 11.6. The second kappa shape index (κ2) is 8.93. The van der Waals surface area contributed by atoms with Crippen molar-refractivity contribution >= 4 is 11.6 Å². The standard InChI is InChI=1S/C25H29ClO6/c26-20-6-3-14(25-24(30)23(29)22(28)21(12-27)32-25)8-17(20)7-13-1-4-18(5-2-13)31-19-10-15-9-16(15)11-19/h1-6,8,15-16,19,21-25,27-30H,7,9-12H2/t15-,16+,19+,21-,22-,23+,24-,25?/m1/s1. The minimum Gasteiger partial charge on any atom is -0.490 e. The number of hydrogen-bond donors (Lipinski definition) is 4. The maximum absolute atomic E-state index is 10.4. The third kappa shape index (κ3) is 4.40. The van der Waals surface area contributed by atoms with Gasteiger partial charge in [0.15, 0.2) is 0 Å². The molecule has 6 nitrogen and oxygen atoms in total. The fourth-order valence-corrected chi connectivity index (χ4v) is 5.32. The summed E-state index contributed by atoms with van der Waals surface area (Å²) >= 11 is 6.43. The van der Waals surface area contributed by atoms with E-state index in [4.69, 9.17) is 21.1 Å². The summed E-state index contributed by atoms with van der Waals surface area (Å²) in [5.41, 5.74) is 2.55. The molecule has 1 heterocycles. The van der Waals surface area contributed by atoms with E-state index >= 15 is 0 Å². The van der Waals surface area contributed by atoms with Crippen LogP contribution in [0.4, 0.5) is 0 Å². The molecule has 7 heteroatoms. The summed E-state index contributed by atoms with van der Waals surface area (Å²) in [6.07, 6.45) is -1.30. The van der Waals surface area contributed by atoms with Crippen molar-refractivity contribution in [1.82, 2.24) is 0 Å². The molecule has 2 aromatic rings. The quantitative estimate of drug-likeness (QED) is 0.529. The van der Waals surface area contributed by atoms with Gasteiger partial charge in [-0.05, 0) is 72.4 Å². The van der Waals surface area contributed by atoms with Crippen molar-refractivity contribution in [2.75, 3.05) is 6.61 Å². The number of hydrogen-bond acceptors (Lipinski definition) is 6. The molecule has 5 rings (SSSR count). The molecule has 0 radical (unpaired) electrons. The van der Waals surface area contributed by atoms with Crippen LogP contribution in [0.25, 0.3) is 0 Å². The lowest BCUT2D eigenvalue weighted by Crippen LogP contribution is -2.55. The number of ether oxygens (including phenoxy) is 2. The SMILES string of the molecule is OC[C@H]1OC(c2ccc(Cl)c(Cc3ccc(O[C@@H]4C[C@@H]5C[C@@H]5C4)cc3)c2)[C@H](O)[C@@H](O)[C@@H]1O. The van der Waals surface area contributed by atoms with Crippen LogP contribution in [0, 0.1) is 11.8 Å². The minimum atomic E-state index is -1.41. The minimum absolute atomic E-state index is 0.342. The van der Waals surface area contributed by atoms with E-state index in [-0.39, 0.29) is 0 Å². The maximum atomic E-state index is 10.4. The molecule has 0 amide bonds. The van der Waals surface area contributed by atoms with Crippen LogP contribution in [-0.4, -0.2) is 57.6 Å². The molecular weight excluding hydrogens is 432 g/mol. The van der Waals surface area contributed by atoms with Gasteiger partial charge in [-0.2, -0.15) is 0 Å². The van der Waals surface area contributed by atoms with E-state index in [0.29, 0.717) is 23.1 Å². The zero-order valence-electron chi connectivity index (χ0n) is 17.7. The summed E-state index contributed by atoms with van der Waals surface area (Å²) in [5.74, 6) is 2.66. The van der Waals surface area contributed by atoms with Crippen LogP contribution in [0.5, 0.6) is 5.75 Å². The highest BCUT2D eigenvalue weighted by molar-refractivity contribution is 6.31. The van der Waals surface area contributed by atoms with Gasteiger partial charge in [-0.25, -0.2) is 0 Å². The van der Waals surface area contributed by atoms with E-state index in [2.05, 4.69) is 0 Å². The molecule has 1 unspecified atom stereocenters. The Morgan fingerprint density at radius 1 is 0.906 bits per heavy atom. The largest absolute Gasteiger partial charge is 0.490 e. The fraction of sp³-hybridized carbons (Fsp3) is 0.520. The molecule has 0 aromatic heterocycles. The molecule has 4 N–H and O–H groups in total. The molecule has 1 aliphatic heterocycles. The normalized spacial score (nSPS) is 36.0. The number of benzene rings is 2. The summed E-state index contributed by atoms with van der Waals surface area (Å²) < 4.78 is 11.8. The molecule has 3 fully saturated rings. The van der Waals surface area contributed by atoms with Crippen molar-refractivity contribution in [3.63, 3.8) is 0 Å². The van der Waals surface area contributed by atoms with E-state index in [9.17, 15) is 20.4 Å². The fourth-order valence-electron chi connectivity index (χ4n) is 5.14. The molecule has 2 aromatic carbocycles. The van der Waals surface area contributed by atoms with Gasteiger partial charge < -0.3 is 29.9 Å². The van der Waals surface area contributed by atoms with E-state index in [0.717, 1.165) is 28.7 Å². The van der Waals surface area contributed by atoms with Gasteiger partial charge in [-0.15, -0.1) is 0 Å². The third-order valence-electron chi connectivity index (χ3n) is 7.11. The van der Waals surface area contributed by atoms with Crippen LogP contribution in [0.1, 0.15) is 42.1 Å². The Labute approximate surface area is 192 Å². The predicted octanol–water partition coefficient (Wildman–Crippen LogP) is 2.62. The summed E-state index contributed by atoms with van der Waals surface area (Å²) in [5, 5.41) is 40.6. The lowest BCUT2D eigenvalue weighted by molar-refractivity contribution is -0.231. The second-order valence-electron chi connectivity index (χ2n) is 9.39. The Hall–Kier alpha value is -1.67. The number of fused-ring (bicyclic) bond motifs is 1. The Bertz CT molecular complexity index is 938. The number of halogens is 1. The van der Waals surface area contributed by atoms with Crippen LogP contribution >= 0.6 is 11.6 Å². The molecular formula is C25H29ClO6. The molecule has 8 atom stereocenters. The topological polar surface area (TPSA) is 99.4 Å². The molecule has 32 heavy (non-hydrogen) atoms. The first-order valence-electron chi connectivity index (χ1n) is 11.3. The summed E-state index contributed by atoms with van der Waals surface area (Å²) in [7, 11) is 0. The maximum Gasteiger partial charge on any atom is 0.119 e. The van der Waals surface area contributed by atoms with Gasteiger partial charge in [-0.1, -0.05) is 35.9 Å². The van der Waals surface area contributed by atoms with Crippen LogP contribution < -0.4 is 4.74 Å². The Kier molecular flexibility index (Phi) is 6.18. The lowest BCUT2D eigenvalue weighted by atomic mass is 9.90. The van der Waals surface area contributed by atoms with Crippen LogP contribution in [0.15, 0.2) is 42.5 Å². The van der Waals surface area contributed by atoms with Crippen molar-refractivity contribution in [3.8, 4) is 5.75 Å². The summed E-state index contributed by atoms with van der Waals surface area (Å²) in [6, 6.07) is 13.3. The molecule has 1 saturated heterocycles. The smallest absolute Gasteiger partial charge is 0.119 e. The average Bonchev–Trinajstić information content (AvgIpc) is 3.41. The zero-order valence-corrected chi connectivity index (χ0v) is 18.4. The molecule has 0 bridgehead atoms. The number of rotatable bonds is 6. The lowest BCUT2D eigenvalue weighted by Gasteiger charge is -2.40. The summed E-state index contributed by atoms with van der Waals surface area (Å²) in [6.45, 7) is -0.460. The highest BCUT2D eigenvalue weighted by atomic mass is 35.5. The van der Waals surface area contributed by atoms with Gasteiger partial charge >= 0.3 is 0 Å². The zero-order chi connectivity index (χ0) is 22.4. The van der Waals surface area contributed by atoms with Gasteiger partial charge in [0.05, 0.1) is 12.7 Å². The van der Waals surface area contributed by atoms with Crippen molar-refractivity contribution < 1.29 is 29.9 Å². The summed E-state index contributed by atoms with van der Waals surface area (Å²) in [4.78, 5) is 0. The highest BCUT2D eigenvalue weighted by Gasteiger charge is 2.47. The molecule has 2 saturated carbocycles. The Morgan fingerprint density at radius 2 is 1.62 bits per heavy atom. The number of aliphatic hydroxyl groups excluding tert-OH is 4. The predicted molar refractivity (Wildman–Crippen MR) is 119 cm³/mol. The third-order valence-corrected chi connectivity index (χ3v) is 7.48. The van der Waals surface area contributed by atoms with Crippen LogP contribution in [-0.2, 0) is 11.2 Å². The molecule has 2 aliphatic carbocycles. The Morgan fingerprint density at radius 3 is 2.31 bits per heavy atom. The first kappa shape index (κ1) is 22.1. The van der Waals surface area contributed by atoms with Gasteiger partial charge in [0.1, 0.15) is 36.3 Å². The van der Waals surface area contributed by atoms with Crippen LogP contribution in [0.2, 0.25) is 5.02 Å².